The summed E-state index contributed by atoms with van der Waals surface area (Å²) in [4.78, 5) is 23.9. The highest BCUT2D eigenvalue weighted by Crippen LogP contribution is 2.33. The van der Waals surface area contributed by atoms with Crippen LogP contribution in [0.5, 0.6) is 0 Å². The van der Waals surface area contributed by atoms with Crippen molar-refractivity contribution in [1.82, 2.24) is 9.78 Å². The number of anilines is 1. The first-order valence-electron chi connectivity index (χ1n) is 7.73. The van der Waals surface area contributed by atoms with Gasteiger partial charge in [-0.3, -0.25) is 0 Å². The monoisotopic (exact) mass is 353 g/mol. The third kappa shape index (κ3) is 3.86. The van der Waals surface area contributed by atoms with Gasteiger partial charge in [0.15, 0.2) is 11.6 Å². The van der Waals surface area contributed by atoms with Crippen molar-refractivity contribution in [2.24, 2.45) is 0 Å². The lowest BCUT2D eigenvalue weighted by molar-refractivity contribution is 0.0503. The molecule has 0 saturated heterocycles. The molecule has 1 fully saturated rings. The lowest BCUT2D eigenvalue weighted by atomic mass is 10.1. The maximum atomic E-state index is 13.6. The topological polar surface area (TPSA) is 86.4 Å². The zero-order valence-electron chi connectivity index (χ0n) is 13.9. The summed E-state index contributed by atoms with van der Waals surface area (Å²) in [6, 6.07) is 1.98. The Bertz CT molecular complexity index is 878. The first-order chi connectivity index (χ1) is 11.6. The van der Waals surface area contributed by atoms with Crippen LogP contribution in [-0.2, 0) is 4.74 Å². The Balaban J connectivity index is 2.00. The standard InChI is InChI=1S/C16H17F2N3O4/c1-16(2,3)25-15(23)21-14(22)24-13(20-21)9-6-10(17)11(18)7-12(9)19-8-4-5-8/h6-8,19H,4-5H2,1-3H3. The molecule has 2 aromatic rings. The molecule has 1 heterocycles. The van der Waals surface area contributed by atoms with Crippen LogP contribution in [-0.4, -0.2) is 27.5 Å². The van der Waals surface area contributed by atoms with Crippen molar-refractivity contribution in [3.8, 4) is 11.5 Å². The van der Waals surface area contributed by atoms with E-state index < -0.39 is 29.1 Å². The molecule has 0 amide bonds. The average molecular weight is 353 g/mol. The van der Waals surface area contributed by atoms with Crippen molar-refractivity contribution in [3.63, 3.8) is 0 Å². The molecule has 25 heavy (non-hydrogen) atoms. The number of hydrogen-bond donors (Lipinski definition) is 1. The highest BCUT2D eigenvalue weighted by Gasteiger charge is 2.27. The molecular weight excluding hydrogens is 336 g/mol. The largest absolute Gasteiger partial charge is 0.447 e. The normalized spacial score (nSPS) is 14.4. The molecule has 134 valence electrons. The lowest BCUT2D eigenvalue weighted by Crippen LogP contribution is -2.32. The Hall–Kier alpha value is -2.71. The summed E-state index contributed by atoms with van der Waals surface area (Å²) in [5.41, 5.74) is -0.555. The number of hydrogen-bond acceptors (Lipinski definition) is 6. The summed E-state index contributed by atoms with van der Waals surface area (Å²) in [5.74, 6) is -3.55. The summed E-state index contributed by atoms with van der Waals surface area (Å²) >= 11 is 0. The Morgan fingerprint density at radius 1 is 1.32 bits per heavy atom. The van der Waals surface area contributed by atoms with Gasteiger partial charge in [-0.05, 0) is 39.7 Å². The van der Waals surface area contributed by atoms with Crippen LogP contribution < -0.4 is 11.1 Å². The highest BCUT2D eigenvalue weighted by atomic mass is 19.2. The molecule has 7 nitrogen and oxygen atoms in total. The maximum Gasteiger partial charge on any atom is 0.447 e. The minimum atomic E-state index is -1.12. The van der Waals surface area contributed by atoms with Crippen LogP contribution in [0, 0.1) is 11.6 Å². The first-order valence-corrected chi connectivity index (χ1v) is 7.73. The molecule has 0 spiro atoms. The second-order valence-electron chi connectivity index (χ2n) is 6.80. The van der Waals surface area contributed by atoms with Crippen molar-refractivity contribution >= 4 is 11.8 Å². The zero-order chi connectivity index (χ0) is 18.4. The van der Waals surface area contributed by atoms with Gasteiger partial charge < -0.3 is 14.5 Å². The minimum absolute atomic E-state index is 0.0465. The Kier molecular flexibility index (Phi) is 4.09. The van der Waals surface area contributed by atoms with Crippen molar-refractivity contribution in [1.29, 1.82) is 0 Å². The second-order valence-corrected chi connectivity index (χ2v) is 6.80. The van der Waals surface area contributed by atoms with Gasteiger partial charge in [0.2, 0.25) is 0 Å². The first kappa shape index (κ1) is 17.1. The lowest BCUT2D eigenvalue weighted by Gasteiger charge is -2.18. The Morgan fingerprint density at radius 3 is 2.56 bits per heavy atom. The van der Waals surface area contributed by atoms with Gasteiger partial charge in [-0.25, -0.2) is 18.4 Å². The van der Waals surface area contributed by atoms with E-state index in [2.05, 4.69) is 10.4 Å². The number of aromatic nitrogens is 2. The number of nitrogens with one attached hydrogen (secondary N) is 1. The Labute approximate surface area is 141 Å². The molecule has 1 N–H and O–H groups in total. The minimum Gasteiger partial charge on any atom is -0.442 e. The molecule has 0 radical (unpaired) electrons. The van der Waals surface area contributed by atoms with Crippen LogP contribution in [0.25, 0.3) is 11.5 Å². The molecule has 0 aliphatic heterocycles. The number of carbonyl (C=O) groups is 1. The molecule has 0 unspecified atom stereocenters. The van der Waals surface area contributed by atoms with E-state index in [4.69, 9.17) is 9.15 Å². The Morgan fingerprint density at radius 2 is 1.96 bits per heavy atom. The van der Waals surface area contributed by atoms with E-state index in [1.807, 2.05) is 0 Å². The second kappa shape index (κ2) is 5.98. The number of carbonyl (C=O) groups excluding carboxylic acids is 1. The quantitative estimate of drug-likeness (QED) is 0.912. The number of halogens is 2. The van der Waals surface area contributed by atoms with Gasteiger partial charge >= 0.3 is 11.8 Å². The van der Waals surface area contributed by atoms with E-state index in [1.165, 1.54) is 0 Å². The van der Waals surface area contributed by atoms with Crippen LogP contribution in [0.1, 0.15) is 33.6 Å². The number of ether oxygens (including phenoxy) is 1. The predicted molar refractivity (Wildman–Crippen MR) is 84.4 cm³/mol. The summed E-state index contributed by atoms with van der Waals surface area (Å²) in [7, 11) is 0. The van der Waals surface area contributed by atoms with Gasteiger partial charge in [0.1, 0.15) is 5.60 Å². The van der Waals surface area contributed by atoms with Crippen LogP contribution >= 0.6 is 0 Å². The van der Waals surface area contributed by atoms with Gasteiger partial charge in [-0.1, -0.05) is 4.68 Å². The van der Waals surface area contributed by atoms with Gasteiger partial charge in [0, 0.05) is 12.1 Å². The molecule has 1 aliphatic carbocycles. The van der Waals surface area contributed by atoms with Crippen LogP contribution in [0.4, 0.5) is 19.3 Å². The molecule has 0 atom stereocenters. The van der Waals surface area contributed by atoms with Gasteiger partial charge in [-0.15, -0.1) is 5.10 Å². The molecular formula is C16H17F2N3O4. The number of benzene rings is 1. The summed E-state index contributed by atoms with van der Waals surface area (Å²) in [6.07, 6.45) is 0.774. The molecule has 1 aromatic carbocycles. The molecule has 1 aromatic heterocycles. The summed E-state index contributed by atoms with van der Waals surface area (Å²) < 4.78 is 37.6. The van der Waals surface area contributed by atoms with Crippen LogP contribution in [0.15, 0.2) is 21.3 Å². The van der Waals surface area contributed by atoms with E-state index in [0.29, 0.717) is 4.68 Å². The van der Waals surface area contributed by atoms with E-state index in [1.54, 1.807) is 20.8 Å². The number of rotatable bonds is 3. The SMILES string of the molecule is CC(C)(C)OC(=O)n1nc(-c2cc(F)c(F)cc2NC2CC2)oc1=O. The summed E-state index contributed by atoms with van der Waals surface area (Å²) in [5, 5.41) is 6.77. The maximum absolute atomic E-state index is 13.6. The predicted octanol–water partition coefficient (Wildman–Crippen LogP) is 3.14. The van der Waals surface area contributed by atoms with E-state index in [0.717, 1.165) is 25.0 Å². The smallest absolute Gasteiger partial charge is 0.442 e. The fourth-order valence-corrected chi connectivity index (χ4v) is 2.10. The molecule has 1 aliphatic rings. The molecule has 9 heteroatoms. The van der Waals surface area contributed by atoms with Crippen molar-refractivity contribution < 1.29 is 22.7 Å². The van der Waals surface area contributed by atoms with Gasteiger partial charge in [0.05, 0.1) is 11.3 Å². The van der Waals surface area contributed by atoms with Crippen molar-refractivity contribution in [2.75, 3.05) is 5.32 Å². The van der Waals surface area contributed by atoms with E-state index in [-0.39, 0.29) is 23.2 Å². The third-order valence-corrected chi connectivity index (χ3v) is 3.34. The fraction of sp³-hybridized carbons (Fsp3) is 0.438. The fourth-order valence-electron chi connectivity index (χ4n) is 2.10. The van der Waals surface area contributed by atoms with Crippen molar-refractivity contribution in [2.45, 2.75) is 45.3 Å². The average Bonchev–Trinajstić information content (AvgIpc) is 3.21. The van der Waals surface area contributed by atoms with E-state index in [9.17, 15) is 18.4 Å². The van der Waals surface area contributed by atoms with Gasteiger partial charge in [0.25, 0.3) is 5.89 Å². The highest BCUT2D eigenvalue weighted by molar-refractivity contribution is 5.74. The van der Waals surface area contributed by atoms with E-state index >= 15 is 0 Å². The van der Waals surface area contributed by atoms with Crippen LogP contribution in [0.3, 0.4) is 0 Å². The molecule has 0 bridgehead atoms. The third-order valence-electron chi connectivity index (χ3n) is 3.34. The molecule has 3 rings (SSSR count). The van der Waals surface area contributed by atoms with Gasteiger partial charge in [-0.2, -0.15) is 0 Å². The van der Waals surface area contributed by atoms with Crippen LogP contribution in [0.2, 0.25) is 0 Å². The van der Waals surface area contributed by atoms with Crippen molar-refractivity contribution in [3.05, 3.63) is 34.3 Å². The zero-order valence-corrected chi connectivity index (χ0v) is 13.9. The molecule has 1 saturated carbocycles. The summed E-state index contributed by atoms with van der Waals surface area (Å²) in [6.45, 7) is 4.89. The number of nitrogens with zero attached hydrogens (tertiary/aromatic N) is 2.